The average molecular weight is 346 g/mol. The van der Waals surface area contributed by atoms with Crippen LogP contribution in [0, 0.1) is 0 Å². The van der Waals surface area contributed by atoms with Crippen LogP contribution < -0.4 is 5.32 Å². The van der Waals surface area contributed by atoms with E-state index in [0.717, 1.165) is 17.7 Å². The molecule has 0 radical (unpaired) electrons. The van der Waals surface area contributed by atoms with Crippen LogP contribution in [0.1, 0.15) is 31.6 Å². The van der Waals surface area contributed by atoms with Gasteiger partial charge in [-0.3, -0.25) is 9.59 Å². The van der Waals surface area contributed by atoms with E-state index in [-0.39, 0.29) is 17.4 Å². The van der Waals surface area contributed by atoms with Gasteiger partial charge in [0.25, 0.3) is 0 Å². The van der Waals surface area contributed by atoms with Crippen LogP contribution >= 0.6 is 11.3 Å². The fraction of sp³-hybridized carbons (Fsp3) is 0.500. The summed E-state index contributed by atoms with van der Waals surface area (Å²) in [6.07, 6.45) is 3.10. The number of carbonyl (C=O) groups excluding carboxylic acids is 2. The van der Waals surface area contributed by atoms with E-state index in [1.54, 1.807) is 11.3 Å². The Hall–Kier alpha value is -2.22. The summed E-state index contributed by atoms with van der Waals surface area (Å²) in [4.78, 5) is 30.6. The number of likely N-dealkylation sites (tertiary alicyclic amines) is 1. The maximum atomic E-state index is 12.3. The van der Waals surface area contributed by atoms with Crippen LogP contribution in [0.5, 0.6) is 0 Å². The van der Waals surface area contributed by atoms with Gasteiger partial charge in [-0.15, -0.1) is 11.3 Å². The molecular weight excluding hydrogens is 328 g/mol. The molecule has 4 rings (SSSR count). The van der Waals surface area contributed by atoms with E-state index in [1.807, 2.05) is 22.4 Å². The Morgan fingerprint density at radius 1 is 1.42 bits per heavy atom. The minimum absolute atomic E-state index is 0.0457. The lowest BCUT2D eigenvalue weighted by molar-refractivity contribution is -0.138. The molecule has 7 nitrogen and oxygen atoms in total. The molecular formula is C16H18N4O3S. The highest BCUT2D eigenvalue weighted by molar-refractivity contribution is 7.13. The molecule has 24 heavy (non-hydrogen) atoms. The Balaban J connectivity index is 1.27. The molecule has 0 aliphatic carbocycles. The normalized spacial score (nSPS) is 19.2. The highest BCUT2D eigenvalue weighted by atomic mass is 32.1. The van der Waals surface area contributed by atoms with Crippen molar-refractivity contribution in [3.8, 4) is 10.7 Å². The molecule has 4 heterocycles. The second-order valence-electron chi connectivity index (χ2n) is 6.38. The third-order valence-electron chi connectivity index (χ3n) is 4.74. The molecule has 2 saturated heterocycles. The maximum Gasteiger partial charge on any atom is 0.227 e. The van der Waals surface area contributed by atoms with E-state index in [1.165, 1.54) is 0 Å². The van der Waals surface area contributed by atoms with Gasteiger partial charge < -0.3 is 14.7 Å². The zero-order valence-electron chi connectivity index (χ0n) is 13.2. The van der Waals surface area contributed by atoms with E-state index in [0.29, 0.717) is 44.1 Å². The van der Waals surface area contributed by atoms with E-state index < -0.39 is 0 Å². The van der Waals surface area contributed by atoms with Crippen molar-refractivity contribution in [2.24, 2.45) is 0 Å². The lowest BCUT2D eigenvalue weighted by Gasteiger charge is -2.47. The molecule has 2 aliphatic rings. The first-order chi connectivity index (χ1) is 11.6. The van der Waals surface area contributed by atoms with Gasteiger partial charge in [0.2, 0.25) is 23.5 Å². The fourth-order valence-electron chi connectivity index (χ4n) is 3.30. The van der Waals surface area contributed by atoms with Gasteiger partial charge in [0.1, 0.15) is 0 Å². The first-order valence-corrected chi connectivity index (χ1v) is 8.97. The quantitative estimate of drug-likeness (QED) is 0.850. The van der Waals surface area contributed by atoms with Crippen molar-refractivity contribution in [2.45, 2.75) is 37.6 Å². The SMILES string of the molecule is O=C1CC2(CCN(C(=O)CCc3nc(-c4cccs4)no3)CC2)N1. The summed E-state index contributed by atoms with van der Waals surface area (Å²) < 4.78 is 5.22. The molecule has 2 aromatic heterocycles. The number of hydrogen-bond acceptors (Lipinski definition) is 6. The molecule has 2 amide bonds. The third kappa shape index (κ3) is 2.93. The number of nitrogens with zero attached hydrogens (tertiary/aromatic N) is 3. The summed E-state index contributed by atoms with van der Waals surface area (Å²) in [5.41, 5.74) is -0.0457. The molecule has 0 unspecified atom stereocenters. The highest BCUT2D eigenvalue weighted by Gasteiger charge is 2.45. The number of aromatic nitrogens is 2. The molecule has 0 bridgehead atoms. The predicted molar refractivity (Wildman–Crippen MR) is 87.2 cm³/mol. The van der Waals surface area contributed by atoms with Gasteiger partial charge in [-0.25, -0.2) is 0 Å². The number of rotatable bonds is 4. The number of hydrogen-bond donors (Lipinski definition) is 1. The van der Waals surface area contributed by atoms with Crippen molar-refractivity contribution in [3.05, 3.63) is 23.4 Å². The van der Waals surface area contributed by atoms with Gasteiger partial charge in [0.05, 0.1) is 10.4 Å². The van der Waals surface area contributed by atoms with Gasteiger partial charge in [0.15, 0.2) is 0 Å². The van der Waals surface area contributed by atoms with E-state index in [4.69, 9.17) is 4.52 Å². The second-order valence-corrected chi connectivity index (χ2v) is 7.32. The Kier molecular flexibility index (Phi) is 3.84. The number of carbonyl (C=O) groups is 2. The van der Waals surface area contributed by atoms with Gasteiger partial charge in [0, 0.05) is 32.4 Å². The summed E-state index contributed by atoms with van der Waals surface area (Å²) in [6, 6.07) is 3.88. The van der Waals surface area contributed by atoms with E-state index in [2.05, 4.69) is 15.5 Å². The smallest absolute Gasteiger partial charge is 0.227 e. The van der Waals surface area contributed by atoms with Crippen molar-refractivity contribution in [2.75, 3.05) is 13.1 Å². The highest BCUT2D eigenvalue weighted by Crippen LogP contribution is 2.32. The standard InChI is InChI=1S/C16H18N4O3S/c21-12-10-16(18-12)5-7-20(8-6-16)14(22)4-3-13-17-15(19-23-13)11-2-1-9-24-11/h1-2,9H,3-8,10H2,(H,18,21). The lowest BCUT2D eigenvalue weighted by atomic mass is 9.78. The van der Waals surface area contributed by atoms with Crippen molar-refractivity contribution >= 4 is 23.2 Å². The molecule has 126 valence electrons. The van der Waals surface area contributed by atoms with Gasteiger partial charge in [-0.2, -0.15) is 4.98 Å². The molecule has 1 N–H and O–H groups in total. The Labute approximate surface area is 143 Å². The molecule has 0 saturated carbocycles. The van der Waals surface area contributed by atoms with Crippen LogP contribution in [0.15, 0.2) is 22.0 Å². The van der Waals surface area contributed by atoms with Crippen molar-refractivity contribution in [3.63, 3.8) is 0 Å². The number of nitrogens with one attached hydrogen (secondary N) is 1. The van der Waals surface area contributed by atoms with Gasteiger partial charge in [-0.1, -0.05) is 11.2 Å². The van der Waals surface area contributed by atoms with Crippen LogP contribution in [0.3, 0.4) is 0 Å². The van der Waals surface area contributed by atoms with Gasteiger partial charge in [-0.05, 0) is 24.3 Å². The van der Waals surface area contributed by atoms with Crippen LogP contribution in [0.4, 0.5) is 0 Å². The minimum Gasteiger partial charge on any atom is -0.350 e. The zero-order chi connectivity index (χ0) is 16.6. The number of β-lactam (4-membered cyclic amide) rings is 1. The fourth-order valence-corrected chi connectivity index (χ4v) is 3.95. The molecule has 0 atom stereocenters. The maximum absolute atomic E-state index is 12.3. The van der Waals surface area contributed by atoms with Crippen molar-refractivity contribution in [1.82, 2.24) is 20.4 Å². The van der Waals surface area contributed by atoms with Crippen LogP contribution in [-0.4, -0.2) is 45.5 Å². The van der Waals surface area contributed by atoms with Crippen LogP contribution in [0.25, 0.3) is 10.7 Å². The Morgan fingerprint density at radius 2 is 2.21 bits per heavy atom. The molecule has 8 heteroatoms. The number of thiophene rings is 1. The summed E-state index contributed by atoms with van der Waals surface area (Å²) in [5.74, 6) is 1.29. The van der Waals surface area contributed by atoms with Crippen LogP contribution in [-0.2, 0) is 16.0 Å². The Morgan fingerprint density at radius 3 is 2.88 bits per heavy atom. The summed E-state index contributed by atoms with van der Waals surface area (Å²) in [5, 5.41) is 8.90. The summed E-state index contributed by atoms with van der Waals surface area (Å²) in [7, 11) is 0. The largest absolute Gasteiger partial charge is 0.350 e. The average Bonchev–Trinajstić information content (AvgIpc) is 3.23. The second kappa shape index (κ2) is 6.01. The van der Waals surface area contributed by atoms with Gasteiger partial charge >= 0.3 is 0 Å². The molecule has 2 aromatic rings. The summed E-state index contributed by atoms with van der Waals surface area (Å²) >= 11 is 1.55. The molecule has 1 spiro atoms. The molecule has 2 aliphatic heterocycles. The van der Waals surface area contributed by atoms with Crippen molar-refractivity contribution < 1.29 is 14.1 Å². The van der Waals surface area contributed by atoms with E-state index >= 15 is 0 Å². The molecule has 2 fully saturated rings. The van der Waals surface area contributed by atoms with Crippen molar-refractivity contribution in [1.29, 1.82) is 0 Å². The Bertz CT molecular complexity index is 737. The first-order valence-electron chi connectivity index (χ1n) is 8.09. The number of piperidine rings is 1. The first kappa shape index (κ1) is 15.3. The van der Waals surface area contributed by atoms with Crippen LogP contribution in [0.2, 0.25) is 0 Å². The van der Waals surface area contributed by atoms with E-state index in [9.17, 15) is 9.59 Å². The number of aryl methyl sites for hydroxylation is 1. The predicted octanol–water partition coefficient (Wildman–Crippen LogP) is 1.61. The number of amides is 2. The third-order valence-corrected chi connectivity index (χ3v) is 5.60. The molecule has 0 aromatic carbocycles. The topological polar surface area (TPSA) is 88.3 Å². The minimum atomic E-state index is -0.0457. The monoisotopic (exact) mass is 346 g/mol. The lowest BCUT2D eigenvalue weighted by Crippen LogP contribution is -2.65. The zero-order valence-corrected chi connectivity index (χ0v) is 14.0. The summed E-state index contributed by atoms with van der Waals surface area (Å²) in [6.45, 7) is 1.40.